The van der Waals surface area contributed by atoms with Crippen LogP contribution in [0, 0.1) is 0 Å². The van der Waals surface area contributed by atoms with Crippen molar-refractivity contribution in [2.45, 2.75) is 18.9 Å². The second-order valence-corrected chi connectivity index (χ2v) is 3.39. The fraction of sp³-hybridized carbons (Fsp3) is 0.500. The van der Waals surface area contributed by atoms with E-state index >= 15 is 0 Å². The molecule has 0 unspecified atom stereocenters. The number of hydrogen-bond donors (Lipinski definition) is 2. The zero-order valence-corrected chi connectivity index (χ0v) is 7.66. The summed E-state index contributed by atoms with van der Waals surface area (Å²) >= 11 is 0. The summed E-state index contributed by atoms with van der Waals surface area (Å²) in [4.78, 5) is 3.96. The van der Waals surface area contributed by atoms with Gasteiger partial charge in [-0.15, -0.1) is 0 Å². The number of aromatic nitrogens is 1. The van der Waals surface area contributed by atoms with E-state index in [1.165, 1.54) is 12.8 Å². The van der Waals surface area contributed by atoms with E-state index in [0.29, 0.717) is 0 Å². The molecule has 13 heavy (non-hydrogen) atoms. The normalized spacial score (nSPS) is 15.7. The van der Waals surface area contributed by atoms with Crippen LogP contribution in [0.4, 0.5) is 5.69 Å². The average Bonchev–Trinajstić information content (AvgIpc) is 2.98. The SMILES string of the molecule is c1cc(NCCNC2CC2)ccn1. The topological polar surface area (TPSA) is 37.0 Å². The maximum Gasteiger partial charge on any atom is 0.0371 e. The van der Waals surface area contributed by atoms with Gasteiger partial charge in [-0.1, -0.05) is 0 Å². The van der Waals surface area contributed by atoms with Gasteiger partial charge >= 0.3 is 0 Å². The molecule has 1 aliphatic rings. The molecule has 0 aliphatic heterocycles. The molecule has 70 valence electrons. The number of rotatable bonds is 5. The largest absolute Gasteiger partial charge is 0.384 e. The van der Waals surface area contributed by atoms with E-state index in [1.807, 2.05) is 12.1 Å². The highest BCUT2D eigenvalue weighted by molar-refractivity contribution is 5.40. The quantitative estimate of drug-likeness (QED) is 0.664. The Bertz CT molecular complexity index is 244. The molecule has 1 aromatic heterocycles. The molecule has 0 radical (unpaired) electrons. The van der Waals surface area contributed by atoms with Gasteiger partial charge in [0.25, 0.3) is 0 Å². The Labute approximate surface area is 78.6 Å². The lowest BCUT2D eigenvalue weighted by Gasteiger charge is -2.05. The fourth-order valence-electron chi connectivity index (χ4n) is 1.24. The van der Waals surface area contributed by atoms with Crippen LogP contribution in [0.1, 0.15) is 12.8 Å². The molecule has 1 heterocycles. The summed E-state index contributed by atoms with van der Waals surface area (Å²) in [6.07, 6.45) is 6.32. The second-order valence-electron chi connectivity index (χ2n) is 3.39. The van der Waals surface area contributed by atoms with Crippen molar-refractivity contribution in [2.75, 3.05) is 18.4 Å². The van der Waals surface area contributed by atoms with Crippen molar-refractivity contribution in [3.63, 3.8) is 0 Å². The molecule has 2 rings (SSSR count). The molecule has 1 fully saturated rings. The summed E-state index contributed by atoms with van der Waals surface area (Å²) in [5.74, 6) is 0. The van der Waals surface area contributed by atoms with Crippen molar-refractivity contribution in [3.05, 3.63) is 24.5 Å². The Kier molecular flexibility index (Phi) is 2.77. The van der Waals surface area contributed by atoms with Crippen molar-refractivity contribution in [2.24, 2.45) is 0 Å². The van der Waals surface area contributed by atoms with Gasteiger partial charge in [0.15, 0.2) is 0 Å². The van der Waals surface area contributed by atoms with E-state index in [-0.39, 0.29) is 0 Å². The fourth-order valence-corrected chi connectivity index (χ4v) is 1.24. The van der Waals surface area contributed by atoms with Crippen LogP contribution < -0.4 is 10.6 Å². The molecule has 0 spiro atoms. The van der Waals surface area contributed by atoms with E-state index in [4.69, 9.17) is 0 Å². The van der Waals surface area contributed by atoms with E-state index in [9.17, 15) is 0 Å². The summed E-state index contributed by atoms with van der Waals surface area (Å²) in [6, 6.07) is 4.77. The first kappa shape index (κ1) is 8.51. The third-order valence-corrected chi connectivity index (χ3v) is 2.14. The third-order valence-electron chi connectivity index (χ3n) is 2.14. The highest BCUT2D eigenvalue weighted by Gasteiger charge is 2.19. The first-order valence-electron chi connectivity index (χ1n) is 4.82. The Morgan fingerprint density at radius 2 is 2.00 bits per heavy atom. The second kappa shape index (κ2) is 4.23. The van der Waals surface area contributed by atoms with Crippen LogP contribution in [0.25, 0.3) is 0 Å². The minimum atomic E-state index is 0.805. The predicted octanol–water partition coefficient (Wildman–Crippen LogP) is 1.25. The molecule has 0 saturated heterocycles. The molecule has 0 bridgehead atoms. The molecule has 1 saturated carbocycles. The number of nitrogens with one attached hydrogen (secondary N) is 2. The van der Waals surface area contributed by atoms with Crippen molar-refractivity contribution in [1.82, 2.24) is 10.3 Å². The van der Waals surface area contributed by atoms with Gasteiger partial charge in [-0.3, -0.25) is 4.98 Å². The van der Waals surface area contributed by atoms with E-state index in [0.717, 1.165) is 24.8 Å². The number of anilines is 1. The lowest BCUT2D eigenvalue weighted by Crippen LogP contribution is -2.23. The van der Waals surface area contributed by atoms with Crippen LogP contribution in [0.15, 0.2) is 24.5 Å². The van der Waals surface area contributed by atoms with Gasteiger partial charge in [0.1, 0.15) is 0 Å². The average molecular weight is 177 g/mol. The third kappa shape index (κ3) is 3.03. The monoisotopic (exact) mass is 177 g/mol. The van der Waals surface area contributed by atoms with E-state index in [1.54, 1.807) is 12.4 Å². The molecule has 3 heteroatoms. The van der Waals surface area contributed by atoms with E-state index in [2.05, 4.69) is 15.6 Å². The first-order valence-corrected chi connectivity index (χ1v) is 4.82. The number of hydrogen-bond acceptors (Lipinski definition) is 3. The minimum Gasteiger partial charge on any atom is -0.384 e. The minimum absolute atomic E-state index is 0.805. The van der Waals surface area contributed by atoms with Crippen LogP contribution in [-0.4, -0.2) is 24.1 Å². The molecule has 3 nitrogen and oxygen atoms in total. The van der Waals surface area contributed by atoms with Crippen molar-refractivity contribution in [1.29, 1.82) is 0 Å². The zero-order chi connectivity index (χ0) is 8.93. The van der Waals surface area contributed by atoms with Gasteiger partial charge < -0.3 is 10.6 Å². The lowest BCUT2D eigenvalue weighted by molar-refractivity contribution is 0.701. The van der Waals surface area contributed by atoms with Gasteiger partial charge in [-0.05, 0) is 25.0 Å². The van der Waals surface area contributed by atoms with Gasteiger partial charge in [-0.2, -0.15) is 0 Å². The molecule has 0 atom stereocenters. The summed E-state index contributed by atoms with van der Waals surface area (Å²) in [5.41, 5.74) is 1.15. The van der Waals surface area contributed by atoms with Gasteiger partial charge in [0.05, 0.1) is 0 Å². The highest BCUT2D eigenvalue weighted by atomic mass is 15.0. The first-order chi connectivity index (χ1) is 6.45. The lowest BCUT2D eigenvalue weighted by atomic mass is 10.4. The van der Waals surface area contributed by atoms with Gasteiger partial charge in [0.2, 0.25) is 0 Å². The number of nitrogens with zero attached hydrogens (tertiary/aromatic N) is 1. The standard InChI is InChI=1S/C10H15N3/c1-2-9(1)12-7-8-13-10-3-5-11-6-4-10/h3-6,9,12H,1-2,7-8H2,(H,11,13). The molecule has 2 N–H and O–H groups in total. The Morgan fingerprint density at radius 3 is 2.69 bits per heavy atom. The Morgan fingerprint density at radius 1 is 1.23 bits per heavy atom. The molecule has 1 aliphatic carbocycles. The van der Waals surface area contributed by atoms with Crippen LogP contribution in [-0.2, 0) is 0 Å². The van der Waals surface area contributed by atoms with Gasteiger partial charge in [-0.25, -0.2) is 0 Å². The predicted molar refractivity (Wildman–Crippen MR) is 53.8 cm³/mol. The Hall–Kier alpha value is -1.09. The molecular formula is C10H15N3. The maximum absolute atomic E-state index is 3.96. The van der Waals surface area contributed by atoms with E-state index < -0.39 is 0 Å². The zero-order valence-electron chi connectivity index (χ0n) is 7.66. The summed E-state index contributed by atoms with van der Waals surface area (Å²) in [7, 11) is 0. The molecule has 1 aromatic rings. The molecule has 0 aromatic carbocycles. The van der Waals surface area contributed by atoms with Crippen molar-refractivity contribution in [3.8, 4) is 0 Å². The van der Waals surface area contributed by atoms with Crippen molar-refractivity contribution < 1.29 is 0 Å². The van der Waals surface area contributed by atoms with Crippen molar-refractivity contribution >= 4 is 5.69 Å². The summed E-state index contributed by atoms with van der Waals surface area (Å²) in [6.45, 7) is 2.04. The molecular weight excluding hydrogens is 162 g/mol. The summed E-state index contributed by atoms with van der Waals surface area (Å²) < 4.78 is 0. The summed E-state index contributed by atoms with van der Waals surface area (Å²) in [5, 5.41) is 6.77. The Balaban J connectivity index is 1.61. The highest BCUT2D eigenvalue weighted by Crippen LogP contribution is 2.17. The van der Waals surface area contributed by atoms with Crippen LogP contribution in [0.3, 0.4) is 0 Å². The van der Waals surface area contributed by atoms with Crippen LogP contribution >= 0.6 is 0 Å². The van der Waals surface area contributed by atoms with Gasteiger partial charge in [0, 0.05) is 37.2 Å². The smallest absolute Gasteiger partial charge is 0.0371 e. The van der Waals surface area contributed by atoms with Crippen LogP contribution in [0.2, 0.25) is 0 Å². The molecule has 0 amide bonds. The van der Waals surface area contributed by atoms with Crippen LogP contribution in [0.5, 0.6) is 0 Å². The number of pyridine rings is 1. The maximum atomic E-state index is 3.96.